The molecule has 1 aromatic carbocycles. The van der Waals surface area contributed by atoms with Gasteiger partial charge in [-0.05, 0) is 12.5 Å². The van der Waals surface area contributed by atoms with Gasteiger partial charge in [0.2, 0.25) is 0 Å². The molecular weight excluding hydrogens is 243 g/mol. The number of rotatable bonds is 2. The maximum Gasteiger partial charge on any atom is 0.137 e. The smallest absolute Gasteiger partial charge is 0.137 e. The Balaban J connectivity index is 2.30. The fourth-order valence-electron chi connectivity index (χ4n) is 1.43. The van der Waals surface area contributed by atoms with E-state index in [1.165, 1.54) is 11.9 Å². The summed E-state index contributed by atoms with van der Waals surface area (Å²) < 4.78 is 0. The predicted molar refractivity (Wildman–Crippen MR) is 66.0 cm³/mol. The third kappa shape index (κ3) is 2.52. The van der Waals surface area contributed by atoms with Crippen molar-refractivity contribution in [3.63, 3.8) is 0 Å². The van der Waals surface area contributed by atoms with Crippen LogP contribution in [-0.2, 0) is 6.42 Å². The molecule has 1 heterocycles. The molecule has 0 aliphatic heterocycles. The van der Waals surface area contributed by atoms with Gasteiger partial charge < -0.3 is 0 Å². The number of nitrogens with zero attached hydrogens (tertiary/aromatic N) is 2. The van der Waals surface area contributed by atoms with Crippen molar-refractivity contribution in [2.45, 2.75) is 13.3 Å². The molecule has 0 aliphatic carbocycles. The number of aromatic nitrogens is 2. The van der Waals surface area contributed by atoms with Crippen molar-refractivity contribution in [1.82, 2.24) is 9.97 Å². The Labute approximate surface area is 104 Å². The molecule has 0 fully saturated rings. The summed E-state index contributed by atoms with van der Waals surface area (Å²) in [5.41, 5.74) is 3.14. The highest BCUT2D eigenvalue weighted by atomic mass is 35.5. The van der Waals surface area contributed by atoms with Gasteiger partial charge in [0.05, 0.1) is 0 Å². The summed E-state index contributed by atoms with van der Waals surface area (Å²) >= 11 is 12.0. The Morgan fingerprint density at radius 2 is 1.56 bits per heavy atom. The van der Waals surface area contributed by atoms with E-state index in [4.69, 9.17) is 23.2 Å². The summed E-state index contributed by atoms with van der Waals surface area (Å²) in [4.78, 5) is 7.85. The molecule has 82 valence electrons. The average molecular weight is 253 g/mol. The zero-order valence-electron chi connectivity index (χ0n) is 8.74. The summed E-state index contributed by atoms with van der Waals surface area (Å²) in [5.74, 6) is 0. The lowest BCUT2D eigenvalue weighted by Gasteiger charge is -2.05. The van der Waals surface area contributed by atoms with Gasteiger partial charge in [0.1, 0.15) is 16.6 Å². The van der Waals surface area contributed by atoms with Crippen LogP contribution in [0.4, 0.5) is 0 Å². The van der Waals surface area contributed by atoms with Crippen molar-refractivity contribution in [3.05, 3.63) is 57.6 Å². The van der Waals surface area contributed by atoms with Crippen LogP contribution in [0.2, 0.25) is 10.3 Å². The molecule has 0 atom stereocenters. The quantitative estimate of drug-likeness (QED) is 0.763. The third-order valence-corrected chi connectivity index (χ3v) is 2.99. The van der Waals surface area contributed by atoms with Crippen LogP contribution >= 0.6 is 23.2 Å². The topological polar surface area (TPSA) is 25.8 Å². The Bertz CT molecular complexity index is 475. The van der Waals surface area contributed by atoms with E-state index in [-0.39, 0.29) is 0 Å². The van der Waals surface area contributed by atoms with Gasteiger partial charge in [-0.15, -0.1) is 0 Å². The van der Waals surface area contributed by atoms with E-state index in [9.17, 15) is 0 Å². The summed E-state index contributed by atoms with van der Waals surface area (Å²) in [6.07, 6.45) is 2.02. The van der Waals surface area contributed by atoms with E-state index < -0.39 is 0 Å². The largest absolute Gasteiger partial charge is 0.224 e. The molecule has 0 saturated carbocycles. The van der Waals surface area contributed by atoms with Gasteiger partial charge in [-0.25, -0.2) is 9.97 Å². The zero-order chi connectivity index (χ0) is 11.5. The standard InChI is InChI=1S/C12H10Cl2N2/c1-8-2-4-9(5-3-8)6-10-11(13)15-7-16-12(10)14/h2-5,7H,6H2,1H3. The lowest BCUT2D eigenvalue weighted by atomic mass is 10.1. The Hall–Kier alpha value is -1.12. The molecule has 0 bridgehead atoms. The monoisotopic (exact) mass is 252 g/mol. The number of hydrogen-bond acceptors (Lipinski definition) is 2. The molecule has 0 N–H and O–H groups in total. The van der Waals surface area contributed by atoms with Gasteiger partial charge >= 0.3 is 0 Å². The first-order chi connectivity index (χ1) is 7.66. The van der Waals surface area contributed by atoms with Gasteiger partial charge in [0.25, 0.3) is 0 Å². The van der Waals surface area contributed by atoms with E-state index >= 15 is 0 Å². The normalized spacial score (nSPS) is 10.4. The van der Waals surface area contributed by atoms with Gasteiger partial charge in [0.15, 0.2) is 0 Å². The van der Waals surface area contributed by atoms with Gasteiger partial charge in [-0.3, -0.25) is 0 Å². The van der Waals surface area contributed by atoms with Crippen LogP contribution < -0.4 is 0 Å². The fraction of sp³-hybridized carbons (Fsp3) is 0.167. The first-order valence-electron chi connectivity index (χ1n) is 4.87. The molecule has 0 spiro atoms. The molecule has 1 aromatic heterocycles. The molecule has 16 heavy (non-hydrogen) atoms. The number of aryl methyl sites for hydroxylation is 1. The molecule has 0 saturated heterocycles. The van der Waals surface area contributed by atoms with E-state index in [0.717, 1.165) is 11.1 Å². The molecular formula is C12H10Cl2N2. The minimum Gasteiger partial charge on any atom is -0.224 e. The Morgan fingerprint density at radius 3 is 2.12 bits per heavy atom. The van der Waals surface area contributed by atoms with Crippen LogP contribution in [0.15, 0.2) is 30.6 Å². The summed E-state index contributed by atoms with van der Waals surface area (Å²) in [6.45, 7) is 2.05. The molecule has 0 unspecified atom stereocenters. The van der Waals surface area contributed by atoms with Crippen molar-refractivity contribution in [3.8, 4) is 0 Å². The van der Waals surface area contributed by atoms with Crippen molar-refractivity contribution in [2.24, 2.45) is 0 Å². The highest BCUT2D eigenvalue weighted by molar-refractivity contribution is 6.34. The van der Waals surface area contributed by atoms with Crippen molar-refractivity contribution < 1.29 is 0 Å². The molecule has 4 heteroatoms. The first-order valence-corrected chi connectivity index (χ1v) is 5.63. The van der Waals surface area contributed by atoms with Gasteiger partial charge in [-0.1, -0.05) is 53.0 Å². The van der Waals surface area contributed by atoms with E-state index in [0.29, 0.717) is 16.7 Å². The number of halogens is 2. The van der Waals surface area contributed by atoms with Gasteiger partial charge in [0, 0.05) is 12.0 Å². The maximum atomic E-state index is 5.98. The number of hydrogen-bond donors (Lipinski definition) is 0. The minimum atomic E-state index is 0.417. The highest BCUT2D eigenvalue weighted by Crippen LogP contribution is 2.23. The third-order valence-electron chi connectivity index (χ3n) is 2.34. The van der Waals surface area contributed by atoms with Crippen LogP contribution in [-0.4, -0.2) is 9.97 Å². The maximum absolute atomic E-state index is 5.98. The van der Waals surface area contributed by atoms with Crippen LogP contribution in [0.3, 0.4) is 0 Å². The molecule has 0 radical (unpaired) electrons. The van der Waals surface area contributed by atoms with Crippen LogP contribution in [0, 0.1) is 6.92 Å². The average Bonchev–Trinajstić information content (AvgIpc) is 2.26. The second kappa shape index (κ2) is 4.81. The first kappa shape index (κ1) is 11.4. The minimum absolute atomic E-state index is 0.417. The Kier molecular flexibility index (Phi) is 3.42. The molecule has 0 amide bonds. The molecule has 0 aliphatic rings. The SMILES string of the molecule is Cc1ccc(Cc2c(Cl)ncnc2Cl)cc1. The van der Waals surface area contributed by atoms with E-state index in [1.807, 2.05) is 0 Å². The fourth-order valence-corrected chi connectivity index (χ4v) is 1.88. The lowest BCUT2D eigenvalue weighted by Crippen LogP contribution is -1.95. The van der Waals surface area contributed by atoms with Crippen LogP contribution in [0.1, 0.15) is 16.7 Å². The molecule has 2 nitrogen and oxygen atoms in total. The predicted octanol–water partition coefficient (Wildman–Crippen LogP) is 3.68. The Morgan fingerprint density at radius 1 is 1.00 bits per heavy atom. The van der Waals surface area contributed by atoms with Gasteiger partial charge in [-0.2, -0.15) is 0 Å². The molecule has 2 rings (SSSR count). The van der Waals surface area contributed by atoms with Crippen molar-refractivity contribution in [2.75, 3.05) is 0 Å². The summed E-state index contributed by atoms with van der Waals surface area (Å²) in [7, 11) is 0. The lowest BCUT2D eigenvalue weighted by molar-refractivity contribution is 1.07. The van der Waals surface area contributed by atoms with E-state index in [2.05, 4.69) is 41.2 Å². The van der Waals surface area contributed by atoms with E-state index in [1.54, 1.807) is 0 Å². The molecule has 2 aromatic rings. The summed E-state index contributed by atoms with van der Waals surface area (Å²) in [5, 5.41) is 0.834. The summed E-state index contributed by atoms with van der Waals surface area (Å²) in [6, 6.07) is 8.21. The van der Waals surface area contributed by atoms with Crippen LogP contribution in [0.5, 0.6) is 0 Å². The highest BCUT2D eigenvalue weighted by Gasteiger charge is 2.08. The zero-order valence-corrected chi connectivity index (χ0v) is 10.3. The van der Waals surface area contributed by atoms with Crippen LogP contribution in [0.25, 0.3) is 0 Å². The number of benzene rings is 1. The van der Waals surface area contributed by atoms with Crippen molar-refractivity contribution in [1.29, 1.82) is 0 Å². The van der Waals surface area contributed by atoms with Crippen molar-refractivity contribution >= 4 is 23.2 Å². The second-order valence-electron chi connectivity index (χ2n) is 3.60. The second-order valence-corrected chi connectivity index (χ2v) is 4.31.